The molecule has 0 radical (unpaired) electrons. The summed E-state index contributed by atoms with van der Waals surface area (Å²) in [6.45, 7) is 0.130. The Labute approximate surface area is 140 Å². The minimum atomic E-state index is -3.77. The summed E-state index contributed by atoms with van der Waals surface area (Å²) >= 11 is 0. The molecule has 0 bridgehead atoms. The molecule has 128 valence electrons. The molecule has 0 unspecified atom stereocenters. The summed E-state index contributed by atoms with van der Waals surface area (Å²) in [7, 11) is 0.655. The van der Waals surface area contributed by atoms with E-state index in [9.17, 15) is 8.42 Å². The quantitative estimate of drug-likeness (QED) is 0.823. The lowest BCUT2D eigenvalue weighted by Crippen LogP contribution is -2.26. The Balaban J connectivity index is 1.98. The summed E-state index contributed by atoms with van der Waals surface area (Å²) in [5.41, 5.74) is 0.467. The summed E-state index contributed by atoms with van der Waals surface area (Å²) in [6.07, 6.45) is 0. The first-order valence-electron chi connectivity index (χ1n) is 7.08. The van der Waals surface area contributed by atoms with Crippen LogP contribution in [0.15, 0.2) is 41.3 Å². The van der Waals surface area contributed by atoms with Crippen LogP contribution in [0, 0.1) is 0 Å². The highest BCUT2D eigenvalue weighted by atomic mass is 32.2. The van der Waals surface area contributed by atoms with Crippen LogP contribution >= 0.6 is 0 Å². The van der Waals surface area contributed by atoms with Crippen molar-refractivity contribution < 1.29 is 27.4 Å². The molecular formula is C16H17NO6S. The van der Waals surface area contributed by atoms with Gasteiger partial charge in [0.15, 0.2) is 23.0 Å². The Morgan fingerprint density at radius 2 is 1.67 bits per heavy atom. The van der Waals surface area contributed by atoms with Crippen LogP contribution in [0.5, 0.6) is 23.0 Å². The standard InChI is InChI=1S/C16H17NO6S/c1-17(11-4-6-14-16(8-11)23-10-22-14)24(18,19)12-5-7-13(20-2)15(9-12)21-3/h4-9H,10H2,1-3H3. The predicted octanol–water partition coefficient (Wildman–Crippen LogP) is 2.26. The first kappa shape index (κ1) is 16.3. The zero-order valence-corrected chi connectivity index (χ0v) is 14.3. The molecule has 24 heavy (non-hydrogen) atoms. The highest BCUT2D eigenvalue weighted by Crippen LogP contribution is 2.37. The lowest BCUT2D eigenvalue weighted by atomic mass is 10.3. The van der Waals surface area contributed by atoms with Gasteiger partial charge in [-0.25, -0.2) is 8.42 Å². The Kier molecular flexibility index (Phi) is 4.15. The fourth-order valence-corrected chi connectivity index (χ4v) is 3.56. The van der Waals surface area contributed by atoms with Gasteiger partial charge < -0.3 is 18.9 Å². The van der Waals surface area contributed by atoms with Gasteiger partial charge in [0.2, 0.25) is 6.79 Å². The van der Waals surface area contributed by atoms with Crippen molar-refractivity contribution in [2.75, 3.05) is 32.4 Å². The summed E-state index contributed by atoms with van der Waals surface area (Å²) in [5, 5.41) is 0. The van der Waals surface area contributed by atoms with Crippen molar-refractivity contribution in [3.63, 3.8) is 0 Å². The average molecular weight is 351 g/mol. The highest BCUT2D eigenvalue weighted by Gasteiger charge is 2.25. The van der Waals surface area contributed by atoms with Crippen molar-refractivity contribution in [3.8, 4) is 23.0 Å². The Bertz CT molecular complexity index is 865. The predicted molar refractivity (Wildman–Crippen MR) is 87.7 cm³/mol. The molecule has 1 aliphatic heterocycles. The minimum Gasteiger partial charge on any atom is -0.493 e. The van der Waals surface area contributed by atoms with Gasteiger partial charge in [0.1, 0.15) is 0 Å². The number of methoxy groups -OCH3 is 2. The molecule has 1 aliphatic rings. The highest BCUT2D eigenvalue weighted by molar-refractivity contribution is 7.92. The van der Waals surface area contributed by atoms with E-state index in [2.05, 4.69) is 0 Å². The first-order valence-corrected chi connectivity index (χ1v) is 8.52. The number of benzene rings is 2. The zero-order valence-electron chi connectivity index (χ0n) is 13.5. The number of nitrogens with zero attached hydrogens (tertiary/aromatic N) is 1. The van der Waals surface area contributed by atoms with Crippen LogP contribution in [0.25, 0.3) is 0 Å². The maximum atomic E-state index is 12.9. The molecule has 0 atom stereocenters. The number of rotatable bonds is 5. The van der Waals surface area contributed by atoms with Gasteiger partial charge in [0.25, 0.3) is 10.0 Å². The average Bonchev–Trinajstić information content (AvgIpc) is 3.07. The fourth-order valence-electron chi connectivity index (χ4n) is 2.35. The molecule has 0 saturated carbocycles. The normalized spacial score (nSPS) is 12.8. The molecule has 0 saturated heterocycles. The maximum absolute atomic E-state index is 12.9. The van der Waals surface area contributed by atoms with Gasteiger partial charge in [0, 0.05) is 19.2 Å². The molecule has 0 spiro atoms. The van der Waals surface area contributed by atoms with Crippen molar-refractivity contribution in [2.45, 2.75) is 4.90 Å². The third-order valence-electron chi connectivity index (χ3n) is 3.73. The van der Waals surface area contributed by atoms with Crippen LogP contribution in [0.4, 0.5) is 5.69 Å². The lowest BCUT2D eigenvalue weighted by molar-refractivity contribution is 0.174. The van der Waals surface area contributed by atoms with Crippen molar-refractivity contribution in [1.29, 1.82) is 0 Å². The van der Waals surface area contributed by atoms with Crippen molar-refractivity contribution in [1.82, 2.24) is 0 Å². The molecule has 0 amide bonds. The first-order chi connectivity index (χ1) is 11.5. The summed E-state index contributed by atoms with van der Waals surface area (Å²) < 4.78 is 47.7. The summed E-state index contributed by atoms with van der Waals surface area (Å²) in [4.78, 5) is 0.0975. The summed E-state index contributed by atoms with van der Waals surface area (Å²) in [6, 6.07) is 9.42. The molecule has 0 aliphatic carbocycles. The van der Waals surface area contributed by atoms with Crippen LogP contribution in [0.3, 0.4) is 0 Å². The second-order valence-electron chi connectivity index (χ2n) is 5.03. The molecule has 2 aromatic rings. The topological polar surface area (TPSA) is 74.3 Å². The molecule has 0 N–H and O–H groups in total. The SMILES string of the molecule is COc1ccc(S(=O)(=O)N(C)c2ccc3c(c2)OCO3)cc1OC. The third-order valence-corrected chi connectivity index (χ3v) is 5.51. The van der Waals surface area contributed by atoms with Gasteiger partial charge in [-0.15, -0.1) is 0 Å². The molecule has 1 heterocycles. The molecule has 0 fully saturated rings. The van der Waals surface area contributed by atoms with Gasteiger partial charge in [-0.2, -0.15) is 0 Å². The second kappa shape index (κ2) is 6.12. The number of hydrogen-bond acceptors (Lipinski definition) is 6. The van der Waals surface area contributed by atoms with Gasteiger partial charge in [-0.3, -0.25) is 4.31 Å². The molecule has 3 rings (SSSR count). The Morgan fingerprint density at radius 3 is 2.38 bits per heavy atom. The number of fused-ring (bicyclic) bond motifs is 1. The van der Waals surface area contributed by atoms with E-state index in [1.165, 1.54) is 37.7 Å². The molecular weight excluding hydrogens is 334 g/mol. The van der Waals surface area contributed by atoms with E-state index in [1.807, 2.05) is 0 Å². The maximum Gasteiger partial charge on any atom is 0.264 e. The van der Waals surface area contributed by atoms with Crippen LogP contribution in [-0.2, 0) is 10.0 Å². The molecule has 7 nitrogen and oxygen atoms in total. The largest absolute Gasteiger partial charge is 0.493 e. The molecule has 2 aromatic carbocycles. The Hall–Kier alpha value is -2.61. The van der Waals surface area contributed by atoms with Gasteiger partial charge in [0.05, 0.1) is 24.8 Å². The minimum absolute atomic E-state index is 0.0975. The third kappa shape index (κ3) is 2.69. The van der Waals surface area contributed by atoms with Crippen LogP contribution in [0.1, 0.15) is 0 Å². The van der Waals surface area contributed by atoms with Crippen LogP contribution in [0.2, 0.25) is 0 Å². The number of hydrogen-bond donors (Lipinski definition) is 0. The van der Waals surface area contributed by atoms with Crippen molar-refractivity contribution in [3.05, 3.63) is 36.4 Å². The lowest BCUT2D eigenvalue weighted by Gasteiger charge is -2.20. The van der Waals surface area contributed by atoms with Crippen LogP contribution in [-0.4, -0.2) is 36.5 Å². The van der Waals surface area contributed by atoms with E-state index in [1.54, 1.807) is 24.3 Å². The van der Waals surface area contributed by atoms with Crippen molar-refractivity contribution in [2.24, 2.45) is 0 Å². The van der Waals surface area contributed by atoms with E-state index in [0.29, 0.717) is 28.7 Å². The summed E-state index contributed by atoms with van der Waals surface area (Å²) in [5.74, 6) is 1.91. The fraction of sp³-hybridized carbons (Fsp3) is 0.250. The smallest absolute Gasteiger partial charge is 0.264 e. The van der Waals surface area contributed by atoms with E-state index >= 15 is 0 Å². The molecule has 8 heteroatoms. The monoisotopic (exact) mass is 351 g/mol. The number of ether oxygens (including phenoxy) is 4. The van der Waals surface area contributed by atoms with Gasteiger partial charge in [-0.1, -0.05) is 0 Å². The molecule has 0 aromatic heterocycles. The van der Waals surface area contributed by atoms with Gasteiger partial charge >= 0.3 is 0 Å². The number of sulfonamides is 1. The van der Waals surface area contributed by atoms with Gasteiger partial charge in [-0.05, 0) is 24.3 Å². The van der Waals surface area contributed by atoms with E-state index in [-0.39, 0.29) is 11.7 Å². The van der Waals surface area contributed by atoms with E-state index < -0.39 is 10.0 Å². The van der Waals surface area contributed by atoms with E-state index in [0.717, 1.165) is 0 Å². The van der Waals surface area contributed by atoms with Crippen LogP contribution < -0.4 is 23.3 Å². The number of anilines is 1. The zero-order chi connectivity index (χ0) is 17.3. The second-order valence-corrected chi connectivity index (χ2v) is 7.00. The van der Waals surface area contributed by atoms with Crippen molar-refractivity contribution >= 4 is 15.7 Å². The van der Waals surface area contributed by atoms with E-state index in [4.69, 9.17) is 18.9 Å². The Morgan fingerprint density at radius 1 is 0.958 bits per heavy atom.